The fraction of sp³-hybridized carbons (Fsp3) is 0. The monoisotopic (exact) mass is 404 g/mol. The highest BCUT2D eigenvalue weighted by molar-refractivity contribution is 6.31. The van der Waals surface area contributed by atoms with Crippen LogP contribution in [-0.2, 0) is 0 Å². The molecule has 1 nitrogen and oxygen atoms in total. The summed E-state index contributed by atoms with van der Waals surface area (Å²) in [6.07, 6.45) is 0. The predicted molar refractivity (Wildman–Crippen MR) is 127 cm³/mol. The molecule has 0 spiro atoms. The van der Waals surface area contributed by atoms with Gasteiger partial charge in [0.1, 0.15) is 11.2 Å². The molecule has 0 aliphatic carbocycles. The van der Waals surface area contributed by atoms with E-state index in [0.717, 1.165) is 43.7 Å². The van der Waals surface area contributed by atoms with Gasteiger partial charge in [-0.05, 0) is 45.7 Å². The Balaban J connectivity index is 1.72. The minimum absolute atomic E-state index is 0.737. The van der Waals surface area contributed by atoms with Crippen molar-refractivity contribution in [2.45, 2.75) is 0 Å². The number of rotatable bonds is 2. The second-order valence-electron chi connectivity index (χ2n) is 7.50. The van der Waals surface area contributed by atoms with E-state index >= 15 is 0 Å². The molecule has 0 saturated carbocycles. The molecule has 6 rings (SSSR count). The highest BCUT2D eigenvalue weighted by Crippen LogP contribution is 2.41. The molecule has 0 N–H and O–H groups in total. The smallest absolute Gasteiger partial charge is 0.143 e. The molecule has 0 aliphatic heterocycles. The van der Waals surface area contributed by atoms with Crippen LogP contribution in [0.25, 0.3) is 55.0 Å². The number of fused-ring (bicyclic) bond motifs is 4. The normalized spacial score (nSPS) is 11.5. The summed E-state index contributed by atoms with van der Waals surface area (Å²) in [6.45, 7) is 0. The van der Waals surface area contributed by atoms with Gasteiger partial charge in [0.25, 0.3) is 0 Å². The summed E-state index contributed by atoms with van der Waals surface area (Å²) >= 11 is 6.31. The van der Waals surface area contributed by atoms with Crippen molar-refractivity contribution in [3.63, 3.8) is 0 Å². The lowest BCUT2D eigenvalue weighted by Gasteiger charge is -2.13. The van der Waals surface area contributed by atoms with E-state index in [4.69, 9.17) is 16.0 Å². The molecule has 0 unspecified atom stereocenters. The Morgan fingerprint density at radius 2 is 1.27 bits per heavy atom. The molecule has 5 aromatic carbocycles. The van der Waals surface area contributed by atoms with E-state index in [0.29, 0.717) is 0 Å². The summed E-state index contributed by atoms with van der Waals surface area (Å²) < 4.78 is 6.33. The maximum Gasteiger partial charge on any atom is 0.143 e. The predicted octanol–water partition coefficient (Wildman–Crippen LogP) is 8.73. The summed E-state index contributed by atoms with van der Waals surface area (Å²) in [5, 5.41) is 5.42. The topological polar surface area (TPSA) is 13.1 Å². The van der Waals surface area contributed by atoms with Gasteiger partial charge in [0.05, 0.1) is 0 Å². The van der Waals surface area contributed by atoms with Crippen LogP contribution in [0.5, 0.6) is 0 Å². The van der Waals surface area contributed by atoms with Crippen molar-refractivity contribution in [1.29, 1.82) is 0 Å². The second kappa shape index (κ2) is 6.76. The first-order valence-corrected chi connectivity index (χ1v) is 10.4. The summed E-state index contributed by atoms with van der Waals surface area (Å²) in [7, 11) is 0. The van der Waals surface area contributed by atoms with Crippen LogP contribution in [0.2, 0.25) is 5.02 Å². The minimum atomic E-state index is 0.737. The number of para-hydroxylation sites is 2. The highest BCUT2D eigenvalue weighted by Gasteiger charge is 2.15. The molecule has 142 valence electrons. The van der Waals surface area contributed by atoms with Crippen molar-refractivity contribution < 1.29 is 4.42 Å². The number of furan rings is 1. The van der Waals surface area contributed by atoms with Gasteiger partial charge in [0.2, 0.25) is 0 Å². The third-order valence-corrected chi connectivity index (χ3v) is 5.97. The molecule has 6 aromatic rings. The Kier molecular flexibility index (Phi) is 3.90. The van der Waals surface area contributed by atoms with E-state index in [9.17, 15) is 0 Å². The van der Waals surface area contributed by atoms with Crippen LogP contribution in [0, 0.1) is 0 Å². The van der Waals surface area contributed by atoms with Crippen molar-refractivity contribution in [2.75, 3.05) is 0 Å². The fourth-order valence-electron chi connectivity index (χ4n) is 4.42. The van der Waals surface area contributed by atoms with Crippen LogP contribution in [0.3, 0.4) is 0 Å². The quantitative estimate of drug-likeness (QED) is 0.281. The van der Waals surface area contributed by atoms with Crippen LogP contribution >= 0.6 is 11.6 Å². The van der Waals surface area contributed by atoms with Gasteiger partial charge >= 0.3 is 0 Å². The first kappa shape index (κ1) is 17.3. The summed E-state index contributed by atoms with van der Waals surface area (Å²) in [6, 6.07) is 35.5. The Bertz CT molecular complexity index is 1550. The van der Waals surface area contributed by atoms with Crippen molar-refractivity contribution in [1.82, 2.24) is 0 Å². The largest absolute Gasteiger partial charge is 0.455 e. The Morgan fingerprint density at radius 3 is 2.13 bits per heavy atom. The number of hydrogen-bond donors (Lipinski definition) is 0. The van der Waals surface area contributed by atoms with Gasteiger partial charge in [-0.1, -0.05) is 96.5 Å². The van der Waals surface area contributed by atoms with E-state index in [1.807, 2.05) is 30.3 Å². The first-order valence-electron chi connectivity index (χ1n) is 9.98. The average molecular weight is 405 g/mol. The number of halogens is 1. The zero-order valence-electron chi connectivity index (χ0n) is 16.1. The molecule has 0 radical (unpaired) electrons. The number of hydrogen-bond acceptors (Lipinski definition) is 1. The van der Waals surface area contributed by atoms with Crippen LogP contribution in [0.1, 0.15) is 0 Å². The third-order valence-electron chi connectivity index (χ3n) is 5.73. The maximum absolute atomic E-state index is 6.33. The van der Waals surface area contributed by atoms with E-state index in [1.165, 1.54) is 16.3 Å². The van der Waals surface area contributed by atoms with Crippen LogP contribution in [-0.4, -0.2) is 0 Å². The molecule has 0 aliphatic rings. The van der Waals surface area contributed by atoms with Crippen LogP contribution in [0.4, 0.5) is 0 Å². The van der Waals surface area contributed by atoms with Gasteiger partial charge in [-0.3, -0.25) is 0 Å². The zero-order valence-corrected chi connectivity index (χ0v) is 16.9. The summed E-state index contributed by atoms with van der Waals surface area (Å²) in [4.78, 5) is 0. The van der Waals surface area contributed by atoms with Gasteiger partial charge in [0.15, 0.2) is 0 Å². The molecule has 1 aromatic heterocycles. The SMILES string of the molecule is Clc1cccc(-c2cccc3cccc(-c4cccc5c4oc4ccccc45)c23)c1. The van der Waals surface area contributed by atoms with E-state index < -0.39 is 0 Å². The molecule has 0 fully saturated rings. The van der Waals surface area contributed by atoms with Crippen LogP contribution in [0.15, 0.2) is 108 Å². The lowest BCUT2D eigenvalue weighted by atomic mass is 9.91. The number of benzene rings is 5. The molecule has 1 heterocycles. The second-order valence-corrected chi connectivity index (χ2v) is 7.94. The van der Waals surface area contributed by atoms with Gasteiger partial charge in [-0.15, -0.1) is 0 Å². The fourth-order valence-corrected chi connectivity index (χ4v) is 4.61. The molecule has 0 atom stereocenters. The van der Waals surface area contributed by atoms with Crippen molar-refractivity contribution in [2.24, 2.45) is 0 Å². The van der Waals surface area contributed by atoms with E-state index in [2.05, 4.69) is 72.8 Å². The molecule has 2 heteroatoms. The lowest BCUT2D eigenvalue weighted by molar-refractivity contribution is 0.670. The molecule has 30 heavy (non-hydrogen) atoms. The van der Waals surface area contributed by atoms with Crippen molar-refractivity contribution in [3.8, 4) is 22.3 Å². The van der Waals surface area contributed by atoms with Gasteiger partial charge in [-0.25, -0.2) is 0 Å². The molecular weight excluding hydrogens is 388 g/mol. The summed E-state index contributed by atoms with van der Waals surface area (Å²) in [5.74, 6) is 0. The van der Waals surface area contributed by atoms with Crippen molar-refractivity contribution in [3.05, 3.63) is 108 Å². The maximum atomic E-state index is 6.33. The van der Waals surface area contributed by atoms with E-state index in [1.54, 1.807) is 0 Å². The Labute approximate surface area is 179 Å². The van der Waals surface area contributed by atoms with E-state index in [-0.39, 0.29) is 0 Å². The Morgan fingerprint density at radius 1 is 0.567 bits per heavy atom. The molecule has 0 saturated heterocycles. The van der Waals surface area contributed by atoms with Crippen LogP contribution < -0.4 is 0 Å². The third kappa shape index (κ3) is 2.63. The standard InChI is InChI=1S/C28H17ClO/c29-20-10-3-9-19(17-20)21-12-4-7-18-8-5-13-23(27(18)21)25-15-6-14-24-22-11-1-2-16-26(22)30-28(24)25/h1-17H. The van der Waals surface area contributed by atoms with Gasteiger partial charge < -0.3 is 4.42 Å². The highest BCUT2D eigenvalue weighted by atomic mass is 35.5. The zero-order chi connectivity index (χ0) is 20.1. The molecule has 0 bridgehead atoms. The van der Waals surface area contributed by atoms with Gasteiger partial charge in [-0.2, -0.15) is 0 Å². The molecule has 0 amide bonds. The first-order chi connectivity index (χ1) is 14.8. The molecular formula is C28H17ClO. The average Bonchev–Trinajstić information content (AvgIpc) is 3.17. The summed E-state index contributed by atoms with van der Waals surface area (Å²) in [5.41, 5.74) is 6.37. The minimum Gasteiger partial charge on any atom is -0.455 e. The van der Waals surface area contributed by atoms with Crippen molar-refractivity contribution >= 4 is 44.3 Å². The Hall–Kier alpha value is -3.55. The van der Waals surface area contributed by atoms with Gasteiger partial charge in [0, 0.05) is 21.4 Å². The lowest BCUT2D eigenvalue weighted by Crippen LogP contribution is -1.87.